The highest BCUT2D eigenvalue weighted by atomic mass is 35.5. The zero-order valence-corrected chi connectivity index (χ0v) is 13.6. The Labute approximate surface area is 145 Å². The van der Waals surface area contributed by atoms with E-state index in [4.69, 9.17) is 16.6 Å². The largest absolute Gasteiger partial charge is 0.353 e. The molecular formula is C19H15ClN4. The molecule has 0 atom stereocenters. The number of para-hydroxylation sites is 1. The summed E-state index contributed by atoms with van der Waals surface area (Å²) in [4.78, 5) is 8.91. The van der Waals surface area contributed by atoms with Crippen LogP contribution >= 0.6 is 11.6 Å². The summed E-state index contributed by atoms with van der Waals surface area (Å²) in [5.74, 6) is 0.822. The van der Waals surface area contributed by atoms with Crippen LogP contribution in [0, 0.1) is 0 Å². The molecule has 0 unspecified atom stereocenters. The lowest BCUT2D eigenvalue weighted by Crippen LogP contribution is -2.13. The van der Waals surface area contributed by atoms with E-state index in [1.807, 2.05) is 60.8 Å². The van der Waals surface area contributed by atoms with Crippen molar-refractivity contribution in [1.29, 1.82) is 0 Å². The lowest BCUT2D eigenvalue weighted by atomic mass is 10.1. The Bertz CT molecular complexity index is 906. The number of pyridine rings is 1. The van der Waals surface area contributed by atoms with Crippen LogP contribution in [-0.2, 0) is 6.54 Å². The molecule has 118 valence electrons. The van der Waals surface area contributed by atoms with Crippen LogP contribution in [0.3, 0.4) is 0 Å². The highest BCUT2D eigenvalue weighted by molar-refractivity contribution is 6.31. The van der Waals surface area contributed by atoms with Crippen molar-refractivity contribution >= 4 is 34.5 Å². The van der Waals surface area contributed by atoms with Crippen molar-refractivity contribution in [3.05, 3.63) is 83.1 Å². The molecule has 0 spiro atoms. The summed E-state index contributed by atoms with van der Waals surface area (Å²) in [6.07, 6.45) is 3.60. The van der Waals surface area contributed by atoms with Crippen molar-refractivity contribution in [2.24, 2.45) is 4.99 Å². The molecule has 4 rings (SSSR count). The van der Waals surface area contributed by atoms with Crippen LogP contribution in [0.5, 0.6) is 0 Å². The highest BCUT2D eigenvalue weighted by Gasteiger charge is 2.17. The third-order valence-electron chi connectivity index (χ3n) is 3.83. The average Bonchev–Trinajstić information content (AvgIpc) is 2.77. The van der Waals surface area contributed by atoms with Crippen molar-refractivity contribution in [2.45, 2.75) is 6.54 Å². The second kappa shape index (κ2) is 6.34. The molecule has 1 aliphatic rings. The number of anilines is 3. The standard InChI is InChI=1S/C19H15ClN4/c20-14-7-8-17-18(10-14)23-16-6-2-1-5-15(16)19(24-17)22-12-13-4-3-9-21-11-13/h1-11,23H,12H2,(H,22,24). The van der Waals surface area contributed by atoms with Gasteiger partial charge in [0.25, 0.3) is 0 Å². The number of aromatic nitrogens is 1. The molecular weight excluding hydrogens is 320 g/mol. The fourth-order valence-corrected chi connectivity index (χ4v) is 2.83. The first-order chi connectivity index (χ1) is 11.8. The normalized spacial score (nSPS) is 14.1. The molecule has 2 heterocycles. The molecule has 0 bridgehead atoms. The van der Waals surface area contributed by atoms with E-state index in [0.29, 0.717) is 11.6 Å². The molecule has 4 nitrogen and oxygen atoms in total. The van der Waals surface area contributed by atoms with Crippen LogP contribution in [0.2, 0.25) is 5.02 Å². The smallest absolute Gasteiger partial charge is 0.135 e. The van der Waals surface area contributed by atoms with Gasteiger partial charge in [-0.1, -0.05) is 29.8 Å². The quantitative estimate of drug-likeness (QED) is 0.704. The van der Waals surface area contributed by atoms with Crippen LogP contribution in [0.4, 0.5) is 17.1 Å². The van der Waals surface area contributed by atoms with Gasteiger partial charge in [-0.2, -0.15) is 0 Å². The monoisotopic (exact) mass is 334 g/mol. The lowest BCUT2D eigenvalue weighted by Gasteiger charge is -2.09. The number of aliphatic imine (C=N–C) groups is 1. The van der Waals surface area contributed by atoms with E-state index in [2.05, 4.69) is 15.6 Å². The molecule has 0 saturated heterocycles. The third-order valence-corrected chi connectivity index (χ3v) is 4.06. The zero-order valence-electron chi connectivity index (χ0n) is 12.8. The number of halogens is 1. The summed E-state index contributed by atoms with van der Waals surface area (Å²) in [5.41, 5.74) is 4.96. The molecule has 2 N–H and O–H groups in total. The fourth-order valence-electron chi connectivity index (χ4n) is 2.65. The molecule has 3 aromatic rings. The second-order valence-corrected chi connectivity index (χ2v) is 5.95. The summed E-state index contributed by atoms with van der Waals surface area (Å²) >= 11 is 6.13. The molecule has 1 aromatic heterocycles. The van der Waals surface area contributed by atoms with E-state index < -0.39 is 0 Å². The predicted molar refractivity (Wildman–Crippen MR) is 99.3 cm³/mol. The Kier molecular flexibility index (Phi) is 3.89. The number of nitrogens with zero attached hydrogens (tertiary/aromatic N) is 2. The van der Waals surface area contributed by atoms with Crippen LogP contribution in [0.15, 0.2) is 72.0 Å². The second-order valence-electron chi connectivity index (χ2n) is 5.51. The van der Waals surface area contributed by atoms with E-state index in [0.717, 1.165) is 34.0 Å². The summed E-state index contributed by atoms with van der Waals surface area (Å²) in [6.45, 7) is 0.563. The van der Waals surface area contributed by atoms with Gasteiger partial charge in [0.05, 0.1) is 17.9 Å². The van der Waals surface area contributed by atoms with Crippen LogP contribution in [0.25, 0.3) is 0 Å². The number of hydrogen-bond donors (Lipinski definition) is 2. The van der Waals surface area contributed by atoms with Crippen LogP contribution in [0.1, 0.15) is 11.1 Å². The Morgan fingerprint density at radius 3 is 2.71 bits per heavy atom. The molecule has 5 heteroatoms. The maximum atomic E-state index is 6.13. The third kappa shape index (κ3) is 2.96. The van der Waals surface area contributed by atoms with Gasteiger partial charge >= 0.3 is 0 Å². The number of benzene rings is 2. The number of amidine groups is 1. The fraction of sp³-hybridized carbons (Fsp3) is 0.0526. The Morgan fingerprint density at radius 2 is 1.83 bits per heavy atom. The van der Waals surface area contributed by atoms with E-state index in [1.54, 1.807) is 6.20 Å². The van der Waals surface area contributed by atoms with E-state index in [-0.39, 0.29) is 0 Å². The van der Waals surface area contributed by atoms with Crippen molar-refractivity contribution in [1.82, 2.24) is 4.98 Å². The minimum Gasteiger partial charge on any atom is -0.353 e. The van der Waals surface area contributed by atoms with E-state index >= 15 is 0 Å². The number of hydrogen-bond acceptors (Lipinski definition) is 3. The topological polar surface area (TPSA) is 49.3 Å². The minimum atomic E-state index is 0.563. The molecule has 0 aliphatic carbocycles. The molecule has 0 saturated carbocycles. The van der Waals surface area contributed by atoms with Gasteiger partial charge in [-0.15, -0.1) is 0 Å². The van der Waals surface area contributed by atoms with E-state index in [1.165, 1.54) is 0 Å². The Balaban J connectivity index is 1.76. The summed E-state index contributed by atoms with van der Waals surface area (Å²) in [6, 6.07) is 17.8. The minimum absolute atomic E-state index is 0.563. The van der Waals surface area contributed by atoms with Gasteiger partial charge in [-0.3, -0.25) is 9.98 Å². The molecule has 0 fully saturated rings. The van der Waals surface area contributed by atoms with Crippen LogP contribution < -0.4 is 10.6 Å². The van der Waals surface area contributed by atoms with Crippen molar-refractivity contribution in [3.63, 3.8) is 0 Å². The number of nitrogens with one attached hydrogen (secondary N) is 2. The van der Waals surface area contributed by atoms with Gasteiger partial charge in [0.1, 0.15) is 5.84 Å². The molecule has 0 radical (unpaired) electrons. The van der Waals surface area contributed by atoms with Gasteiger partial charge in [0.15, 0.2) is 0 Å². The predicted octanol–water partition coefficient (Wildman–Crippen LogP) is 4.85. The van der Waals surface area contributed by atoms with Crippen molar-refractivity contribution in [2.75, 3.05) is 10.6 Å². The van der Waals surface area contributed by atoms with E-state index in [9.17, 15) is 0 Å². The van der Waals surface area contributed by atoms with Crippen LogP contribution in [-0.4, -0.2) is 10.8 Å². The van der Waals surface area contributed by atoms with Crippen molar-refractivity contribution in [3.8, 4) is 0 Å². The van der Waals surface area contributed by atoms with Gasteiger partial charge in [-0.05, 0) is 42.0 Å². The van der Waals surface area contributed by atoms with Gasteiger partial charge in [0, 0.05) is 28.7 Å². The maximum absolute atomic E-state index is 6.13. The van der Waals surface area contributed by atoms with Gasteiger partial charge in [-0.25, -0.2) is 0 Å². The summed E-state index contributed by atoms with van der Waals surface area (Å²) in [7, 11) is 0. The SMILES string of the molecule is Clc1ccc2c(c1)Nc1ccccc1C(=NCc1cccnc1)N2. The maximum Gasteiger partial charge on any atom is 0.135 e. The highest BCUT2D eigenvalue weighted by Crippen LogP contribution is 2.34. The Morgan fingerprint density at radius 1 is 0.917 bits per heavy atom. The first-order valence-corrected chi connectivity index (χ1v) is 8.04. The zero-order chi connectivity index (χ0) is 16.4. The first-order valence-electron chi connectivity index (χ1n) is 7.66. The first kappa shape index (κ1) is 14.7. The molecule has 0 amide bonds. The summed E-state index contributed by atoms with van der Waals surface area (Å²) < 4.78 is 0. The molecule has 24 heavy (non-hydrogen) atoms. The molecule has 2 aromatic carbocycles. The van der Waals surface area contributed by atoms with Gasteiger partial charge in [0.2, 0.25) is 0 Å². The molecule has 1 aliphatic heterocycles. The number of rotatable bonds is 2. The number of fused-ring (bicyclic) bond motifs is 2. The van der Waals surface area contributed by atoms with Crippen molar-refractivity contribution < 1.29 is 0 Å². The van der Waals surface area contributed by atoms with Gasteiger partial charge < -0.3 is 10.6 Å². The lowest BCUT2D eigenvalue weighted by molar-refractivity contribution is 1.04. The average molecular weight is 335 g/mol. The summed E-state index contributed by atoms with van der Waals surface area (Å²) in [5, 5.41) is 7.54. The Hall–Kier alpha value is -2.85.